The summed E-state index contributed by atoms with van der Waals surface area (Å²) in [6.45, 7) is 0. The van der Waals surface area contributed by atoms with E-state index in [1.165, 1.54) is 85.9 Å². The van der Waals surface area contributed by atoms with E-state index < -0.39 is 0 Å². The summed E-state index contributed by atoms with van der Waals surface area (Å²) >= 11 is 1.90. The summed E-state index contributed by atoms with van der Waals surface area (Å²) in [7, 11) is 0. The second-order valence-corrected chi connectivity index (χ2v) is 12.6. The van der Waals surface area contributed by atoms with E-state index in [-0.39, 0.29) is 0 Å². The van der Waals surface area contributed by atoms with Crippen molar-refractivity contribution in [3.8, 4) is 11.1 Å². The fourth-order valence-electron chi connectivity index (χ4n) is 7.08. The third-order valence-corrected chi connectivity index (χ3v) is 10.4. The summed E-state index contributed by atoms with van der Waals surface area (Å²) in [5.74, 6) is 0. The van der Waals surface area contributed by atoms with Gasteiger partial charge in [0.05, 0.1) is 0 Å². The van der Waals surface area contributed by atoms with Crippen LogP contribution in [0.4, 0.5) is 0 Å². The van der Waals surface area contributed by atoms with E-state index in [9.17, 15) is 0 Å². The molecular weight excluding hydrogens is 537 g/mol. The van der Waals surface area contributed by atoms with Crippen LogP contribution in [-0.4, -0.2) is 0 Å². The lowest BCUT2D eigenvalue weighted by Crippen LogP contribution is -1.94. The van der Waals surface area contributed by atoms with Crippen LogP contribution in [0.1, 0.15) is 24.0 Å². The minimum atomic E-state index is 1.05. The van der Waals surface area contributed by atoms with Crippen molar-refractivity contribution in [2.24, 2.45) is 0 Å². The minimum absolute atomic E-state index is 1.05. The highest BCUT2D eigenvalue weighted by molar-refractivity contribution is 7.26. The monoisotopic (exact) mass is 564 g/mol. The molecule has 0 bridgehead atoms. The van der Waals surface area contributed by atoms with Crippen molar-refractivity contribution in [2.75, 3.05) is 0 Å². The quantitative estimate of drug-likeness (QED) is 0.187. The summed E-state index contributed by atoms with van der Waals surface area (Å²) in [6, 6.07) is 49.4. The highest BCUT2D eigenvalue weighted by atomic mass is 32.1. The third kappa shape index (κ3) is 3.96. The largest absolute Gasteiger partial charge is 0.135 e. The zero-order valence-electron chi connectivity index (χ0n) is 23.7. The Morgan fingerprint density at radius 3 is 1.86 bits per heavy atom. The molecule has 0 nitrogen and oxygen atoms in total. The zero-order chi connectivity index (χ0) is 28.3. The maximum atomic E-state index is 2.43. The Bertz CT molecular complexity index is 2410. The summed E-state index contributed by atoms with van der Waals surface area (Å²) in [6.07, 6.45) is 6.94. The van der Waals surface area contributed by atoms with Crippen LogP contribution in [0.25, 0.3) is 74.8 Å². The number of hydrogen-bond donors (Lipinski definition) is 0. The predicted octanol–water partition coefficient (Wildman–Crippen LogP) is 12.4. The molecule has 1 aromatic heterocycles. The number of benzene rings is 7. The van der Waals surface area contributed by atoms with Crippen molar-refractivity contribution >= 4 is 75.0 Å². The predicted molar refractivity (Wildman–Crippen MR) is 189 cm³/mol. The molecule has 0 saturated carbocycles. The second kappa shape index (κ2) is 9.80. The number of hydrogen-bond acceptors (Lipinski definition) is 1. The lowest BCUT2D eigenvalue weighted by Gasteiger charge is -2.17. The van der Waals surface area contributed by atoms with Gasteiger partial charge in [-0.2, -0.15) is 0 Å². The van der Waals surface area contributed by atoms with Crippen LogP contribution < -0.4 is 0 Å². The molecule has 0 spiro atoms. The van der Waals surface area contributed by atoms with Gasteiger partial charge in [0, 0.05) is 20.2 Å². The van der Waals surface area contributed by atoms with Gasteiger partial charge in [-0.05, 0) is 96.8 Å². The lowest BCUT2D eigenvalue weighted by molar-refractivity contribution is 1.06. The van der Waals surface area contributed by atoms with Crippen LogP contribution in [-0.2, 0) is 0 Å². The molecule has 1 heteroatoms. The van der Waals surface area contributed by atoms with Gasteiger partial charge in [0.15, 0.2) is 0 Å². The molecular formula is C42H28S. The highest BCUT2D eigenvalue weighted by Crippen LogP contribution is 2.41. The Morgan fingerprint density at radius 1 is 0.442 bits per heavy atom. The average Bonchev–Trinajstić information content (AvgIpc) is 3.47. The van der Waals surface area contributed by atoms with Gasteiger partial charge in [0.1, 0.15) is 0 Å². The van der Waals surface area contributed by atoms with Crippen LogP contribution >= 0.6 is 11.3 Å². The molecule has 8 aromatic rings. The van der Waals surface area contributed by atoms with Crippen molar-refractivity contribution in [3.05, 3.63) is 157 Å². The third-order valence-electron chi connectivity index (χ3n) is 9.13. The summed E-state index contributed by atoms with van der Waals surface area (Å²) in [5, 5.41) is 10.7. The number of thiophene rings is 1. The van der Waals surface area contributed by atoms with Gasteiger partial charge in [-0.3, -0.25) is 0 Å². The van der Waals surface area contributed by atoms with Crippen LogP contribution in [0.2, 0.25) is 0 Å². The van der Waals surface area contributed by atoms with E-state index in [1.807, 2.05) is 11.3 Å². The minimum Gasteiger partial charge on any atom is -0.135 e. The Labute approximate surface area is 254 Å². The molecule has 0 saturated heterocycles. The van der Waals surface area contributed by atoms with E-state index >= 15 is 0 Å². The number of rotatable bonds is 3. The first-order valence-corrected chi connectivity index (χ1v) is 15.9. The van der Waals surface area contributed by atoms with Gasteiger partial charge in [0.2, 0.25) is 0 Å². The first-order chi connectivity index (χ1) is 21.3. The molecule has 1 aliphatic rings. The van der Waals surface area contributed by atoms with E-state index in [1.54, 1.807) is 0 Å². The van der Waals surface area contributed by atoms with E-state index in [0.717, 1.165) is 12.8 Å². The molecule has 9 rings (SSSR count). The summed E-state index contributed by atoms with van der Waals surface area (Å²) in [4.78, 5) is 0. The maximum Gasteiger partial charge on any atom is 0.0433 e. The molecule has 1 heterocycles. The van der Waals surface area contributed by atoms with Crippen molar-refractivity contribution in [1.82, 2.24) is 0 Å². The van der Waals surface area contributed by atoms with E-state index in [0.29, 0.717) is 0 Å². The molecule has 0 amide bonds. The number of allylic oxidation sites excluding steroid dienone is 4. The zero-order valence-corrected chi connectivity index (χ0v) is 24.5. The smallest absolute Gasteiger partial charge is 0.0433 e. The Kier molecular flexibility index (Phi) is 5.61. The molecule has 43 heavy (non-hydrogen) atoms. The first-order valence-electron chi connectivity index (χ1n) is 15.1. The van der Waals surface area contributed by atoms with Gasteiger partial charge in [-0.1, -0.05) is 127 Å². The summed E-state index contributed by atoms with van der Waals surface area (Å²) in [5.41, 5.74) is 7.92. The molecule has 0 N–H and O–H groups in total. The van der Waals surface area contributed by atoms with Crippen LogP contribution in [0.15, 0.2) is 146 Å². The molecule has 0 radical (unpaired) electrons. The van der Waals surface area contributed by atoms with E-state index in [4.69, 9.17) is 0 Å². The van der Waals surface area contributed by atoms with Crippen molar-refractivity contribution in [2.45, 2.75) is 12.8 Å². The average molecular weight is 565 g/mol. The molecule has 0 fully saturated rings. The molecule has 0 atom stereocenters. The SMILES string of the molecule is C1=C(c2cccc(-c3cccc4c3sc3ccccc34)c2)C=C(c2ccc3c4ccccc4c4ccccc4c3c2)CC1. The molecule has 0 aliphatic heterocycles. The van der Waals surface area contributed by atoms with Gasteiger partial charge in [-0.15, -0.1) is 11.3 Å². The molecule has 0 unspecified atom stereocenters. The fraction of sp³-hybridized carbons (Fsp3) is 0.0476. The van der Waals surface area contributed by atoms with Gasteiger partial charge < -0.3 is 0 Å². The van der Waals surface area contributed by atoms with E-state index in [2.05, 4.69) is 146 Å². The highest BCUT2D eigenvalue weighted by Gasteiger charge is 2.15. The van der Waals surface area contributed by atoms with Gasteiger partial charge >= 0.3 is 0 Å². The van der Waals surface area contributed by atoms with Crippen LogP contribution in [0.5, 0.6) is 0 Å². The normalized spacial score (nSPS) is 13.7. The lowest BCUT2D eigenvalue weighted by atomic mass is 9.87. The van der Waals surface area contributed by atoms with Crippen molar-refractivity contribution in [3.63, 3.8) is 0 Å². The molecule has 202 valence electrons. The molecule has 7 aromatic carbocycles. The van der Waals surface area contributed by atoms with Gasteiger partial charge in [-0.25, -0.2) is 0 Å². The van der Waals surface area contributed by atoms with Gasteiger partial charge in [0.25, 0.3) is 0 Å². The summed E-state index contributed by atoms with van der Waals surface area (Å²) < 4.78 is 2.71. The van der Waals surface area contributed by atoms with Crippen LogP contribution in [0, 0.1) is 0 Å². The van der Waals surface area contributed by atoms with Crippen LogP contribution in [0.3, 0.4) is 0 Å². The Hall–Kier alpha value is -4.98. The second-order valence-electron chi connectivity index (χ2n) is 11.6. The van der Waals surface area contributed by atoms with Crippen molar-refractivity contribution in [1.29, 1.82) is 0 Å². The maximum absolute atomic E-state index is 2.43. The number of fused-ring (bicyclic) bond motifs is 9. The fourth-order valence-corrected chi connectivity index (χ4v) is 8.32. The topological polar surface area (TPSA) is 0 Å². The first kappa shape index (κ1) is 24.6. The Morgan fingerprint density at radius 2 is 1.07 bits per heavy atom. The standard InChI is InChI=1S/C42H28S/c1-2-16-35-33(14-1)34-15-3-4-17-36(34)40-26-30(22-23-37(35)40)28-11-7-10-27(24-28)29-12-8-13-31(25-29)32-19-9-20-39-38-18-5-6-21-41(38)43-42(32)39/h1-6,8-10,12-26H,7,11H2. The van der Waals surface area contributed by atoms with Crippen molar-refractivity contribution < 1.29 is 0 Å². The Balaban J connectivity index is 1.14. The molecule has 1 aliphatic carbocycles.